The van der Waals surface area contributed by atoms with Crippen molar-refractivity contribution in [2.24, 2.45) is 0 Å². The minimum Gasteiger partial charge on any atom is -0.497 e. The lowest BCUT2D eigenvalue weighted by Crippen LogP contribution is -2.09. The van der Waals surface area contributed by atoms with Crippen LogP contribution in [-0.2, 0) is 9.47 Å². The second kappa shape index (κ2) is 11.0. The van der Waals surface area contributed by atoms with Crippen LogP contribution in [0.15, 0.2) is 42.5 Å². The summed E-state index contributed by atoms with van der Waals surface area (Å²) < 4.78 is 31.4. The van der Waals surface area contributed by atoms with Gasteiger partial charge in [0.15, 0.2) is 19.4 Å². The Kier molecular flexibility index (Phi) is 8.33. The molecule has 2 aromatic rings. The topological polar surface area (TPSA) is 72.5 Å². The molecule has 28 heavy (non-hydrogen) atoms. The van der Waals surface area contributed by atoms with Crippen molar-refractivity contribution in [3.63, 3.8) is 0 Å². The van der Waals surface area contributed by atoms with E-state index in [1.165, 1.54) is 27.4 Å². The van der Waals surface area contributed by atoms with E-state index in [0.717, 1.165) is 11.3 Å². The van der Waals surface area contributed by atoms with Gasteiger partial charge in [-0.15, -0.1) is 0 Å². The van der Waals surface area contributed by atoms with E-state index in [1.807, 2.05) is 24.3 Å². The van der Waals surface area contributed by atoms with Crippen molar-refractivity contribution in [2.45, 2.75) is 0 Å². The van der Waals surface area contributed by atoms with Crippen LogP contribution < -0.4 is 18.9 Å². The predicted molar refractivity (Wildman–Crippen MR) is 104 cm³/mol. The van der Waals surface area contributed by atoms with Gasteiger partial charge in [0, 0.05) is 26.4 Å². The van der Waals surface area contributed by atoms with Crippen LogP contribution in [0.2, 0.25) is 0 Å². The molecule has 150 valence electrons. The Bertz CT molecular complexity index is 768. The third kappa shape index (κ3) is 5.73. The lowest BCUT2D eigenvalue weighted by atomic mass is 10.1. The van der Waals surface area contributed by atoms with E-state index in [0.29, 0.717) is 5.75 Å². The van der Waals surface area contributed by atoms with E-state index in [2.05, 4.69) is 0 Å². The quantitative estimate of drug-likeness (QED) is 0.331. The SMILES string of the molecule is COCOc1cc(OC)cc(OCOC)c1C(=O)/C=C/c1ccc(OC)cc1. The molecule has 0 radical (unpaired) electrons. The van der Waals surface area contributed by atoms with Crippen molar-refractivity contribution in [3.05, 3.63) is 53.6 Å². The van der Waals surface area contributed by atoms with Crippen molar-refractivity contribution in [1.29, 1.82) is 0 Å². The van der Waals surface area contributed by atoms with Crippen LogP contribution in [0.5, 0.6) is 23.0 Å². The smallest absolute Gasteiger partial charge is 0.193 e. The van der Waals surface area contributed by atoms with Gasteiger partial charge in [0.2, 0.25) is 0 Å². The number of rotatable bonds is 11. The maximum absolute atomic E-state index is 12.9. The number of ketones is 1. The Labute approximate surface area is 164 Å². The van der Waals surface area contributed by atoms with Gasteiger partial charge < -0.3 is 28.4 Å². The minimum atomic E-state index is -0.296. The average molecular weight is 388 g/mol. The number of ether oxygens (including phenoxy) is 6. The van der Waals surface area contributed by atoms with Crippen LogP contribution in [0.1, 0.15) is 15.9 Å². The zero-order chi connectivity index (χ0) is 20.4. The van der Waals surface area contributed by atoms with Gasteiger partial charge in [-0.1, -0.05) is 18.2 Å². The van der Waals surface area contributed by atoms with E-state index in [4.69, 9.17) is 28.4 Å². The number of allylic oxidation sites excluding steroid dienone is 1. The molecule has 2 aromatic carbocycles. The van der Waals surface area contributed by atoms with Crippen LogP contribution in [-0.4, -0.2) is 47.8 Å². The summed E-state index contributed by atoms with van der Waals surface area (Å²) in [6.07, 6.45) is 3.15. The fraction of sp³-hybridized carbons (Fsp3) is 0.286. The molecule has 0 spiro atoms. The Balaban J connectivity index is 2.37. The number of carbonyl (C=O) groups is 1. The standard InChI is InChI=1S/C21H24O7/c1-23-13-27-19-11-17(26-4)12-20(28-14-24-2)21(19)18(22)10-7-15-5-8-16(25-3)9-6-15/h5-12H,13-14H2,1-4H3/b10-7+. The van der Waals surface area contributed by atoms with Gasteiger partial charge in [0.25, 0.3) is 0 Å². The van der Waals surface area contributed by atoms with E-state index in [9.17, 15) is 4.79 Å². The Morgan fingerprint density at radius 3 is 1.82 bits per heavy atom. The van der Waals surface area contributed by atoms with Crippen molar-refractivity contribution in [2.75, 3.05) is 42.0 Å². The molecular weight excluding hydrogens is 364 g/mol. The first kappa shape index (κ1) is 21.3. The minimum absolute atomic E-state index is 0.0284. The van der Waals surface area contributed by atoms with Crippen LogP contribution in [0, 0.1) is 0 Å². The predicted octanol–water partition coefficient (Wildman–Crippen LogP) is 3.57. The molecule has 0 unspecified atom stereocenters. The number of methoxy groups -OCH3 is 4. The average Bonchev–Trinajstić information content (AvgIpc) is 2.74. The monoisotopic (exact) mass is 388 g/mol. The summed E-state index contributed by atoms with van der Waals surface area (Å²) >= 11 is 0. The fourth-order valence-electron chi connectivity index (χ4n) is 2.37. The Hall–Kier alpha value is -3.03. The molecule has 0 aromatic heterocycles. The molecule has 7 heteroatoms. The molecule has 0 aliphatic carbocycles. The molecule has 0 bridgehead atoms. The number of hydrogen-bond acceptors (Lipinski definition) is 7. The molecular formula is C21H24O7. The third-order valence-corrected chi connectivity index (χ3v) is 3.73. The zero-order valence-corrected chi connectivity index (χ0v) is 16.4. The third-order valence-electron chi connectivity index (χ3n) is 3.73. The maximum atomic E-state index is 12.9. The highest BCUT2D eigenvalue weighted by Crippen LogP contribution is 2.35. The summed E-state index contributed by atoms with van der Waals surface area (Å²) in [5.74, 6) is 1.50. The molecule has 0 N–H and O–H groups in total. The molecule has 7 nitrogen and oxygen atoms in total. The van der Waals surface area contributed by atoms with Crippen molar-refractivity contribution in [3.8, 4) is 23.0 Å². The van der Waals surface area contributed by atoms with Crippen molar-refractivity contribution < 1.29 is 33.2 Å². The fourth-order valence-corrected chi connectivity index (χ4v) is 2.37. The van der Waals surface area contributed by atoms with Gasteiger partial charge in [-0.3, -0.25) is 4.79 Å². The zero-order valence-electron chi connectivity index (χ0n) is 16.4. The highest BCUT2D eigenvalue weighted by Gasteiger charge is 2.20. The first-order chi connectivity index (χ1) is 13.6. The Morgan fingerprint density at radius 2 is 1.36 bits per heavy atom. The summed E-state index contributed by atoms with van der Waals surface area (Å²) in [6, 6.07) is 10.5. The van der Waals surface area contributed by atoms with Crippen LogP contribution in [0.3, 0.4) is 0 Å². The summed E-state index contributed by atoms with van der Waals surface area (Å²) in [5.41, 5.74) is 1.10. The van der Waals surface area contributed by atoms with Gasteiger partial charge in [-0.2, -0.15) is 0 Å². The molecule has 0 aliphatic heterocycles. The second-order valence-corrected chi connectivity index (χ2v) is 5.57. The lowest BCUT2D eigenvalue weighted by molar-refractivity contribution is 0.0444. The molecule has 2 rings (SSSR count). The maximum Gasteiger partial charge on any atom is 0.193 e. The van der Waals surface area contributed by atoms with Gasteiger partial charge in [0.05, 0.1) is 14.2 Å². The van der Waals surface area contributed by atoms with Crippen LogP contribution >= 0.6 is 0 Å². The second-order valence-electron chi connectivity index (χ2n) is 5.57. The molecule has 0 saturated carbocycles. The summed E-state index contributed by atoms with van der Waals surface area (Å²) in [7, 11) is 6.10. The van der Waals surface area contributed by atoms with Crippen molar-refractivity contribution in [1.82, 2.24) is 0 Å². The summed E-state index contributed by atoms with van der Waals surface area (Å²) in [5, 5.41) is 0. The molecule has 0 aliphatic rings. The number of carbonyl (C=O) groups excluding carboxylic acids is 1. The van der Waals surface area contributed by atoms with E-state index < -0.39 is 0 Å². The normalized spacial score (nSPS) is 10.7. The van der Waals surface area contributed by atoms with Gasteiger partial charge in [0.1, 0.15) is 28.6 Å². The number of benzene rings is 2. The highest BCUT2D eigenvalue weighted by atomic mass is 16.7. The van der Waals surface area contributed by atoms with Crippen LogP contribution in [0.25, 0.3) is 6.08 Å². The summed E-state index contributed by atoms with van der Waals surface area (Å²) in [6.45, 7) is -0.0568. The molecule has 0 saturated heterocycles. The van der Waals surface area contributed by atoms with E-state index in [-0.39, 0.29) is 36.4 Å². The highest BCUT2D eigenvalue weighted by molar-refractivity contribution is 6.10. The van der Waals surface area contributed by atoms with E-state index in [1.54, 1.807) is 25.3 Å². The lowest BCUT2D eigenvalue weighted by Gasteiger charge is -2.15. The number of hydrogen-bond donors (Lipinski definition) is 0. The van der Waals surface area contributed by atoms with E-state index >= 15 is 0 Å². The largest absolute Gasteiger partial charge is 0.497 e. The van der Waals surface area contributed by atoms with Gasteiger partial charge in [-0.25, -0.2) is 0 Å². The first-order valence-electron chi connectivity index (χ1n) is 8.45. The molecule has 0 fully saturated rings. The molecule has 0 atom stereocenters. The Morgan fingerprint density at radius 1 is 0.821 bits per heavy atom. The van der Waals surface area contributed by atoms with Gasteiger partial charge >= 0.3 is 0 Å². The van der Waals surface area contributed by atoms with Crippen LogP contribution in [0.4, 0.5) is 0 Å². The van der Waals surface area contributed by atoms with Gasteiger partial charge in [-0.05, 0) is 23.8 Å². The first-order valence-corrected chi connectivity index (χ1v) is 8.45. The molecule has 0 heterocycles. The molecule has 0 amide bonds. The van der Waals surface area contributed by atoms with Crippen molar-refractivity contribution >= 4 is 11.9 Å². The summed E-state index contributed by atoms with van der Waals surface area (Å²) in [4.78, 5) is 12.9.